The summed E-state index contributed by atoms with van der Waals surface area (Å²) in [6, 6.07) is 0.832. The van der Waals surface area contributed by atoms with Crippen molar-refractivity contribution in [3.63, 3.8) is 0 Å². The molecule has 1 N–H and O–H groups in total. The summed E-state index contributed by atoms with van der Waals surface area (Å²) >= 11 is 7.11. The van der Waals surface area contributed by atoms with E-state index in [0.29, 0.717) is 30.1 Å². The van der Waals surface area contributed by atoms with E-state index in [9.17, 15) is 22.8 Å². The Hall–Kier alpha value is -2.27. The number of halogens is 4. The van der Waals surface area contributed by atoms with Gasteiger partial charge in [0.1, 0.15) is 10.9 Å². The summed E-state index contributed by atoms with van der Waals surface area (Å²) in [5.74, 6) is 0.731. The highest BCUT2D eigenvalue weighted by Crippen LogP contribution is 2.34. The minimum absolute atomic E-state index is 0.115. The monoisotopic (exact) mass is 475 g/mol. The number of H-pyrrole nitrogens is 1. The summed E-state index contributed by atoms with van der Waals surface area (Å²) in [5, 5.41) is 0.109. The lowest BCUT2D eigenvalue weighted by molar-refractivity contribution is -0.137. The second kappa shape index (κ2) is 9.47. The minimum Gasteiger partial charge on any atom is -0.321 e. The Morgan fingerprint density at radius 2 is 1.90 bits per heavy atom. The Morgan fingerprint density at radius 3 is 2.52 bits per heavy atom. The zero-order valence-corrected chi connectivity index (χ0v) is 18.5. The van der Waals surface area contributed by atoms with E-state index in [1.807, 2.05) is 13.8 Å². The van der Waals surface area contributed by atoms with Gasteiger partial charge < -0.3 is 4.57 Å². The first-order valence-electron chi connectivity index (χ1n) is 9.75. The Labute approximate surface area is 184 Å². The molecule has 0 spiro atoms. The number of aromatic nitrogens is 5. The van der Waals surface area contributed by atoms with Crippen LogP contribution in [0.25, 0.3) is 11.2 Å². The first-order chi connectivity index (χ1) is 14.7. The molecule has 12 heteroatoms. The van der Waals surface area contributed by atoms with Crippen molar-refractivity contribution < 1.29 is 13.2 Å². The number of fused-ring (bicyclic) bond motifs is 1. The Balaban J connectivity index is 2.00. The van der Waals surface area contributed by atoms with Gasteiger partial charge in [-0.25, -0.2) is 14.8 Å². The molecule has 3 aromatic rings. The zero-order chi connectivity index (χ0) is 22.8. The van der Waals surface area contributed by atoms with E-state index in [-0.39, 0.29) is 15.8 Å². The van der Waals surface area contributed by atoms with E-state index in [2.05, 4.69) is 15.0 Å². The third kappa shape index (κ3) is 4.98. The molecular formula is C19H21ClF3N5O2S. The van der Waals surface area contributed by atoms with Gasteiger partial charge in [0, 0.05) is 19.3 Å². The normalized spacial score (nSPS) is 12.1. The average molecular weight is 476 g/mol. The Kier molecular flexibility index (Phi) is 7.15. The maximum atomic E-state index is 12.8. The standard InChI is InChI=1S/C19H21ClF3N5O2S/c1-3-5-7-28-15-14(16(29)26-18(28)30)27(6-4-2)13(25-15)10-31-17-12(20)8-11(9-24-17)19(21,22)23/h8-9H,3-7,10H2,1-2H3,(H,26,29,30). The van der Waals surface area contributed by atoms with Gasteiger partial charge >= 0.3 is 11.9 Å². The van der Waals surface area contributed by atoms with Gasteiger partial charge in [-0.2, -0.15) is 13.2 Å². The molecule has 0 amide bonds. The lowest BCUT2D eigenvalue weighted by Gasteiger charge is -2.10. The fraction of sp³-hybridized carbons (Fsp3) is 0.474. The van der Waals surface area contributed by atoms with Crippen LogP contribution >= 0.6 is 23.4 Å². The number of aryl methyl sites for hydroxylation is 2. The van der Waals surface area contributed by atoms with Crippen LogP contribution in [0.4, 0.5) is 13.2 Å². The number of hydrogen-bond donors (Lipinski definition) is 1. The smallest absolute Gasteiger partial charge is 0.321 e. The summed E-state index contributed by atoms with van der Waals surface area (Å²) in [4.78, 5) is 35.5. The second-order valence-corrected chi connectivity index (χ2v) is 8.29. The highest BCUT2D eigenvalue weighted by molar-refractivity contribution is 7.98. The fourth-order valence-corrected chi connectivity index (χ4v) is 4.28. The van der Waals surface area contributed by atoms with Crippen LogP contribution in [-0.2, 0) is 25.0 Å². The molecule has 31 heavy (non-hydrogen) atoms. The van der Waals surface area contributed by atoms with Crippen LogP contribution in [0.15, 0.2) is 26.9 Å². The summed E-state index contributed by atoms with van der Waals surface area (Å²) in [6.45, 7) is 4.85. The average Bonchev–Trinajstić information content (AvgIpc) is 3.05. The lowest BCUT2D eigenvalue weighted by atomic mass is 10.3. The van der Waals surface area contributed by atoms with Crippen LogP contribution in [0.1, 0.15) is 44.5 Å². The number of aromatic amines is 1. The fourth-order valence-electron chi connectivity index (χ4n) is 3.14. The van der Waals surface area contributed by atoms with Gasteiger partial charge in [0.2, 0.25) is 0 Å². The molecule has 0 saturated carbocycles. The number of thioether (sulfide) groups is 1. The molecule has 0 aromatic carbocycles. The largest absolute Gasteiger partial charge is 0.417 e. The molecule has 0 saturated heterocycles. The first kappa shape index (κ1) is 23.4. The Bertz CT molecular complexity index is 1200. The van der Waals surface area contributed by atoms with Crippen LogP contribution in [0, 0.1) is 0 Å². The molecule has 0 aliphatic rings. The molecule has 7 nitrogen and oxygen atoms in total. The topological polar surface area (TPSA) is 85.6 Å². The minimum atomic E-state index is -4.53. The molecule has 0 radical (unpaired) electrons. The summed E-state index contributed by atoms with van der Waals surface area (Å²) < 4.78 is 41.7. The second-order valence-electron chi connectivity index (χ2n) is 6.91. The number of alkyl halides is 3. The van der Waals surface area contributed by atoms with Crippen molar-refractivity contribution in [2.24, 2.45) is 0 Å². The molecule has 0 aliphatic heterocycles. The molecule has 3 rings (SSSR count). The third-order valence-corrected chi connectivity index (χ3v) is 6.02. The van der Waals surface area contributed by atoms with Gasteiger partial charge in [0.15, 0.2) is 11.2 Å². The Morgan fingerprint density at radius 1 is 1.16 bits per heavy atom. The molecular weight excluding hydrogens is 455 g/mol. The van der Waals surface area contributed by atoms with Gasteiger partial charge in [-0.1, -0.05) is 43.6 Å². The molecule has 3 aromatic heterocycles. The summed E-state index contributed by atoms with van der Waals surface area (Å²) in [7, 11) is 0. The number of pyridine rings is 1. The van der Waals surface area contributed by atoms with Crippen molar-refractivity contribution in [1.29, 1.82) is 0 Å². The number of unbranched alkanes of at least 4 members (excludes halogenated alkanes) is 1. The van der Waals surface area contributed by atoms with Crippen molar-refractivity contribution in [1.82, 2.24) is 24.1 Å². The molecule has 0 aliphatic carbocycles. The zero-order valence-electron chi connectivity index (χ0n) is 16.9. The molecule has 3 heterocycles. The predicted octanol–water partition coefficient (Wildman–Crippen LogP) is 4.46. The van der Waals surface area contributed by atoms with Crippen molar-refractivity contribution in [2.75, 3.05) is 0 Å². The molecule has 168 valence electrons. The molecule has 0 fully saturated rings. The van der Waals surface area contributed by atoms with Crippen molar-refractivity contribution in [3.8, 4) is 0 Å². The predicted molar refractivity (Wildman–Crippen MR) is 114 cm³/mol. The number of hydrogen-bond acceptors (Lipinski definition) is 5. The van der Waals surface area contributed by atoms with E-state index < -0.39 is 23.0 Å². The van der Waals surface area contributed by atoms with Crippen molar-refractivity contribution in [2.45, 2.75) is 63.2 Å². The van der Waals surface area contributed by atoms with E-state index in [4.69, 9.17) is 11.6 Å². The van der Waals surface area contributed by atoms with Crippen LogP contribution in [0.2, 0.25) is 5.02 Å². The maximum Gasteiger partial charge on any atom is 0.417 e. The van der Waals surface area contributed by atoms with Gasteiger partial charge in [-0.3, -0.25) is 14.3 Å². The van der Waals surface area contributed by atoms with Crippen molar-refractivity contribution in [3.05, 3.63) is 49.5 Å². The SMILES string of the molecule is CCCCn1c(=O)[nH]c(=O)c2c1nc(CSc1ncc(C(F)(F)F)cc1Cl)n2CCC. The number of rotatable bonds is 8. The molecule has 0 unspecified atom stereocenters. The first-order valence-corrected chi connectivity index (χ1v) is 11.1. The molecule has 0 bridgehead atoms. The quantitative estimate of drug-likeness (QED) is 0.486. The highest BCUT2D eigenvalue weighted by atomic mass is 35.5. The van der Waals surface area contributed by atoms with Crippen LogP contribution in [-0.4, -0.2) is 24.1 Å². The van der Waals surface area contributed by atoms with E-state index in [1.165, 1.54) is 4.57 Å². The summed E-state index contributed by atoms with van der Waals surface area (Å²) in [6.07, 6.45) is -1.47. The third-order valence-electron chi connectivity index (χ3n) is 4.62. The maximum absolute atomic E-state index is 12.8. The van der Waals surface area contributed by atoms with Crippen LogP contribution in [0.5, 0.6) is 0 Å². The number of imidazole rings is 1. The van der Waals surface area contributed by atoms with Crippen LogP contribution in [0.3, 0.4) is 0 Å². The number of nitrogens with zero attached hydrogens (tertiary/aromatic N) is 4. The molecule has 0 atom stereocenters. The van der Waals surface area contributed by atoms with E-state index in [0.717, 1.165) is 43.3 Å². The van der Waals surface area contributed by atoms with E-state index in [1.54, 1.807) is 4.57 Å². The van der Waals surface area contributed by atoms with Gasteiger partial charge in [-0.15, -0.1) is 0 Å². The van der Waals surface area contributed by atoms with Crippen molar-refractivity contribution >= 4 is 34.5 Å². The lowest BCUT2D eigenvalue weighted by Crippen LogP contribution is -2.31. The van der Waals surface area contributed by atoms with E-state index >= 15 is 0 Å². The highest BCUT2D eigenvalue weighted by Gasteiger charge is 2.31. The summed E-state index contributed by atoms with van der Waals surface area (Å²) in [5.41, 5.74) is -1.35. The van der Waals surface area contributed by atoms with Gasteiger partial charge in [-0.05, 0) is 18.9 Å². The van der Waals surface area contributed by atoms with Gasteiger partial charge in [0.05, 0.1) is 16.3 Å². The van der Waals surface area contributed by atoms with Crippen LogP contribution < -0.4 is 11.2 Å². The number of nitrogens with one attached hydrogen (secondary N) is 1. The van der Waals surface area contributed by atoms with Gasteiger partial charge in [0.25, 0.3) is 5.56 Å².